The molecule has 0 fully saturated rings. The van der Waals surface area contributed by atoms with Crippen molar-refractivity contribution in [2.75, 3.05) is 18.9 Å². The maximum Gasteiger partial charge on any atom is 0.256 e. The van der Waals surface area contributed by atoms with E-state index in [0.29, 0.717) is 12.1 Å². The molecule has 1 heterocycles. The first-order valence-corrected chi connectivity index (χ1v) is 7.60. The van der Waals surface area contributed by atoms with E-state index in [0.717, 1.165) is 17.1 Å². The summed E-state index contributed by atoms with van der Waals surface area (Å²) in [6.07, 6.45) is 8.28. The first kappa shape index (κ1) is 14.1. The monoisotopic (exact) mass is 279 g/mol. The van der Waals surface area contributed by atoms with Crippen LogP contribution in [0.15, 0.2) is 11.6 Å². The van der Waals surface area contributed by atoms with Crippen LogP contribution in [0.4, 0.5) is 5.00 Å². The largest absolute Gasteiger partial charge is 0.378 e. The molecule has 0 aliphatic heterocycles. The molecular formula is C14H21N3OS. The molecule has 1 amide bonds. The number of aryl methyl sites for hydroxylation is 1. The van der Waals surface area contributed by atoms with Crippen LogP contribution in [0.5, 0.6) is 0 Å². The number of nitrogens with zero attached hydrogens (tertiary/aromatic N) is 1. The number of amides is 1. The van der Waals surface area contributed by atoms with Gasteiger partial charge in [0.05, 0.1) is 11.3 Å². The summed E-state index contributed by atoms with van der Waals surface area (Å²) in [6, 6.07) is 0. The predicted octanol–water partition coefficient (Wildman–Crippen LogP) is 3.11. The lowest BCUT2D eigenvalue weighted by Gasteiger charge is -2.13. The second-order valence-electron chi connectivity index (χ2n) is 4.84. The third-order valence-electron chi connectivity index (χ3n) is 3.43. The van der Waals surface area contributed by atoms with Crippen molar-refractivity contribution in [3.05, 3.63) is 22.9 Å². The zero-order chi connectivity index (χ0) is 13.7. The van der Waals surface area contributed by atoms with E-state index in [1.54, 1.807) is 0 Å². The van der Waals surface area contributed by atoms with Gasteiger partial charge < -0.3 is 10.6 Å². The molecule has 5 heteroatoms. The number of hydrogen-bond donors (Lipinski definition) is 2. The van der Waals surface area contributed by atoms with Crippen LogP contribution in [0.3, 0.4) is 0 Å². The van der Waals surface area contributed by atoms with E-state index in [1.807, 2.05) is 14.0 Å². The van der Waals surface area contributed by atoms with Gasteiger partial charge in [0.1, 0.15) is 5.00 Å². The average molecular weight is 279 g/mol. The lowest BCUT2D eigenvalue weighted by atomic mass is 9.97. The van der Waals surface area contributed by atoms with E-state index in [-0.39, 0.29) is 5.91 Å². The van der Waals surface area contributed by atoms with Crippen LogP contribution >= 0.6 is 11.5 Å². The second-order valence-corrected chi connectivity index (χ2v) is 5.61. The topological polar surface area (TPSA) is 54.0 Å². The fraction of sp³-hybridized carbons (Fsp3) is 0.571. The molecular weight excluding hydrogens is 258 g/mol. The quantitative estimate of drug-likeness (QED) is 0.814. The highest BCUT2D eigenvalue weighted by Crippen LogP contribution is 2.24. The van der Waals surface area contributed by atoms with Gasteiger partial charge >= 0.3 is 0 Å². The third kappa shape index (κ3) is 3.56. The van der Waals surface area contributed by atoms with E-state index in [4.69, 9.17) is 0 Å². The van der Waals surface area contributed by atoms with E-state index in [1.165, 1.54) is 42.8 Å². The van der Waals surface area contributed by atoms with Gasteiger partial charge in [-0.2, -0.15) is 4.37 Å². The fourth-order valence-electron chi connectivity index (χ4n) is 2.36. The summed E-state index contributed by atoms with van der Waals surface area (Å²) in [5, 5.41) is 6.86. The minimum atomic E-state index is -0.0213. The smallest absolute Gasteiger partial charge is 0.256 e. The van der Waals surface area contributed by atoms with Gasteiger partial charge in [-0.3, -0.25) is 4.79 Å². The van der Waals surface area contributed by atoms with Gasteiger partial charge in [-0.05, 0) is 50.6 Å². The molecule has 1 aromatic heterocycles. The number of allylic oxidation sites excluding steroid dienone is 1. The highest BCUT2D eigenvalue weighted by molar-refractivity contribution is 7.10. The highest BCUT2D eigenvalue weighted by Gasteiger charge is 2.17. The molecule has 1 aliphatic carbocycles. The molecule has 0 spiro atoms. The molecule has 19 heavy (non-hydrogen) atoms. The Morgan fingerprint density at radius 1 is 1.47 bits per heavy atom. The van der Waals surface area contributed by atoms with Crippen LogP contribution in [0.2, 0.25) is 0 Å². The van der Waals surface area contributed by atoms with E-state index >= 15 is 0 Å². The van der Waals surface area contributed by atoms with Gasteiger partial charge in [0.25, 0.3) is 5.91 Å². The lowest BCUT2D eigenvalue weighted by molar-refractivity contribution is 0.0954. The third-order valence-corrected chi connectivity index (χ3v) is 4.39. The standard InChI is InChI=1S/C14H21N3OS/c1-10-12(14(15-2)19-17-10)13(18)16-9-8-11-6-4-3-5-7-11/h6,15H,3-5,7-9H2,1-2H3,(H,16,18). The molecule has 104 valence electrons. The Balaban J connectivity index is 1.87. The van der Waals surface area contributed by atoms with Crippen molar-refractivity contribution in [2.24, 2.45) is 0 Å². The highest BCUT2D eigenvalue weighted by atomic mass is 32.1. The average Bonchev–Trinajstić information content (AvgIpc) is 2.81. The number of anilines is 1. The summed E-state index contributed by atoms with van der Waals surface area (Å²) in [5.74, 6) is -0.0213. The summed E-state index contributed by atoms with van der Waals surface area (Å²) < 4.78 is 4.21. The maximum absolute atomic E-state index is 12.1. The minimum Gasteiger partial charge on any atom is -0.378 e. The van der Waals surface area contributed by atoms with Crippen molar-refractivity contribution in [1.82, 2.24) is 9.69 Å². The normalized spacial score (nSPS) is 14.9. The number of hydrogen-bond acceptors (Lipinski definition) is 4. The Labute approximate surface area is 118 Å². The van der Waals surface area contributed by atoms with E-state index < -0.39 is 0 Å². The summed E-state index contributed by atoms with van der Waals surface area (Å²) in [7, 11) is 1.82. The molecule has 1 aliphatic rings. The van der Waals surface area contributed by atoms with Gasteiger partial charge in [-0.15, -0.1) is 0 Å². The molecule has 0 aromatic carbocycles. The summed E-state index contributed by atoms with van der Waals surface area (Å²) in [4.78, 5) is 12.1. The molecule has 1 aromatic rings. The maximum atomic E-state index is 12.1. The molecule has 0 saturated heterocycles. The van der Waals surface area contributed by atoms with Crippen LogP contribution in [-0.4, -0.2) is 23.9 Å². The van der Waals surface area contributed by atoms with Crippen LogP contribution in [-0.2, 0) is 0 Å². The van der Waals surface area contributed by atoms with Crippen molar-refractivity contribution >= 4 is 22.4 Å². The van der Waals surface area contributed by atoms with Crippen molar-refractivity contribution in [2.45, 2.75) is 39.0 Å². The van der Waals surface area contributed by atoms with Crippen molar-refractivity contribution in [1.29, 1.82) is 0 Å². The Bertz CT molecular complexity index is 479. The van der Waals surface area contributed by atoms with Gasteiger partial charge in [0, 0.05) is 13.6 Å². The van der Waals surface area contributed by atoms with Crippen molar-refractivity contribution < 1.29 is 4.79 Å². The Morgan fingerprint density at radius 2 is 2.32 bits per heavy atom. The molecule has 0 unspecified atom stereocenters. The Morgan fingerprint density at radius 3 is 3.00 bits per heavy atom. The molecule has 0 bridgehead atoms. The molecule has 2 rings (SSSR count). The zero-order valence-corrected chi connectivity index (χ0v) is 12.4. The van der Waals surface area contributed by atoms with Crippen molar-refractivity contribution in [3.8, 4) is 0 Å². The molecule has 4 nitrogen and oxygen atoms in total. The van der Waals surface area contributed by atoms with Crippen LogP contribution in [0.1, 0.15) is 48.2 Å². The van der Waals surface area contributed by atoms with Gasteiger partial charge in [-0.1, -0.05) is 11.6 Å². The lowest BCUT2D eigenvalue weighted by Crippen LogP contribution is -2.25. The molecule has 0 atom stereocenters. The van der Waals surface area contributed by atoms with Gasteiger partial charge in [0.2, 0.25) is 0 Å². The fourth-order valence-corrected chi connectivity index (χ4v) is 3.11. The second kappa shape index (κ2) is 6.70. The van der Waals surface area contributed by atoms with Crippen LogP contribution < -0.4 is 10.6 Å². The van der Waals surface area contributed by atoms with Crippen LogP contribution in [0.25, 0.3) is 0 Å². The minimum absolute atomic E-state index is 0.0213. The Hall–Kier alpha value is -1.36. The number of nitrogens with one attached hydrogen (secondary N) is 2. The molecule has 0 saturated carbocycles. The SMILES string of the molecule is CNc1snc(C)c1C(=O)NCCC1=CCCCC1. The Kier molecular flexibility index (Phi) is 4.96. The van der Waals surface area contributed by atoms with E-state index in [2.05, 4.69) is 21.1 Å². The summed E-state index contributed by atoms with van der Waals surface area (Å²) in [5.41, 5.74) is 2.97. The number of carbonyl (C=O) groups is 1. The number of rotatable bonds is 5. The first-order chi connectivity index (χ1) is 9.22. The van der Waals surface area contributed by atoms with Gasteiger partial charge in [0.15, 0.2) is 0 Å². The summed E-state index contributed by atoms with van der Waals surface area (Å²) in [6.45, 7) is 2.58. The van der Waals surface area contributed by atoms with Gasteiger partial charge in [-0.25, -0.2) is 0 Å². The molecule has 0 radical (unpaired) electrons. The molecule has 2 N–H and O–H groups in total. The summed E-state index contributed by atoms with van der Waals surface area (Å²) >= 11 is 1.33. The van der Waals surface area contributed by atoms with Crippen LogP contribution in [0, 0.1) is 6.92 Å². The van der Waals surface area contributed by atoms with E-state index in [9.17, 15) is 4.79 Å². The zero-order valence-electron chi connectivity index (χ0n) is 11.6. The first-order valence-electron chi connectivity index (χ1n) is 6.82. The number of aromatic nitrogens is 1. The van der Waals surface area contributed by atoms with Crippen molar-refractivity contribution in [3.63, 3.8) is 0 Å². The number of carbonyl (C=O) groups excluding carboxylic acids is 1. The predicted molar refractivity (Wildman–Crippen MR) is 79.9 cm³/mol.